The molecule has 0 aliphatic carbocycles. The first-order valence-corrected chi connectivity index (χ1v) is 12.5. The first-order chi connectivity index (χ1) is 15.1. The molecule has 0 aliphatic rings. The zero-order valence-electron chi connectivity index (χ0n) is 21.0. The van der Waals surface area contributed by atoms with Crippen LogP contribution in [-0.4, -0.2) is 11.4 Å². The predicted octanol–water partition coefficient (Wildman–Crippen LogP) is 8.77. The van der Waals surface area contributed by atoms with E-state index in [4.69, 9.17) is 9.98 Å². The van der Waals surface area contributed by atoms with Gasteiger partial charge in [0, 0.05) is 16.5 Å². The zero-order chi connectivity index (χ0) is 22.6. The topological polar surface area (TPSA) is 24.7 Å². The van der Waals surface area contributed by atoms with Gasteiger partial charge in [-0.25, -0.2) is 0 Å². The molecule has 0 saturated heterocycles. The van der Waals surface area contributed by atoms with Crippen molar-refractivity contribution in [2.75, 3.05) is 0 Å². The molecule has 3 heteroatoms. The molecular formula is C29H42N2Ni. The van der Waals surface area contributed by atoms with E-state index in [1.54, 1.807) is 0 Å². The summed E-state index contributed by atoms with van der Waals surface area (Å²) >= 11 is 0. The van der Waals surface area contributed by atoms with E-state index in [0.717, 1.165) is 67.7 Å². The Morgan fingerprint density at radius 1 is 0.594 bits per heavy atom. The van der Waals surface area contributed by atoms with E-state index in [0.29, 0.717) is 0 Å². The smallest absolute Gasteiger partial charge is 0.0636 e. The van der Waals surface area contributed by atoms with Crippen LogP contribution in [0.4, 0.5) is 11.4 Å². The average molecular weight is 477 g/mol. The number of hydrogen-bond acceptors (Lipinski definition) is 2. The van der Waals surface area contributed by atoms with Gasteiger partial charge in [-0.1, -0.05) is 66.5 Å². The summed E-state index contributed by atoms with van der Waals surface area (Å²) in [6.07, 6.45) is 9.76. The van der Waals surface area contributed by atoms with Gasteiger partial charge in [0.15, 0.2) is 0 Å². The molecule has 0 spiro atoms. The molecule has 0 unspecified atom stereocenters. The second-order valence-electron chi connectivity index (χ2n) is 8.25. The van der Waals surface area contributed by atoms with Crippen molar-refractivity contribution >= 4 is 22.8 Å². The molecule has 0 radical (unpaired) electrons. The van der Waals surface area contributed by atoms with Gasteiger partial charge in [-0.2, -0.15) is 0 Å². The van der Waals surface area contributed by atoms with Gasteiger partial charge in [0.25, 0.3) is 0 Å². The van der Waals surface area contributed by atoms with Crippen LogP contribution < -0.4 is 0 Å². The molecule has 0 N–H and O–H groups in total. The Morgan fingerprint density at radius 3 is 1.47 bits per heavy atom. The van der Waals surface area contributed by atoms with Crippen molar-refractivity contribution in [3.63, 3.8) is 0 Å². The molecule has 0 amide bonds. The fourth-order valence-electron chi connectivity index (χ4n) is 4.18. The van der Waals surface area contributed by atoms with Crippen LogP contribution in [0.25, 0.3) is 0 Å². The summed E-state index contributed by atoms with van der Waals surface area (Å²) in [7, 11) is 0. The van der Waals surface area contributed by atoms with Crippen molar-refractivity contribution in [2.45, 2.75) is 99.3 Å². The monoisotopic (exact) mass is 476 g/mol. The van der Waals surface area contributed by atoms with Crippen molar-refractivity contribution in [2.24, 2.45) is 9.98 Å². The van der Waals surface area contributed by atoms with Crippen LogP contribution in [0.1, 0.15) is 95.9 Å². The maximum Gasteiger partial charge on any atom is 0.0636 e. The number of hydrogen-bond donors (Lipinski definition) is 0. The van der Waals surface area contributed by atoms with Gasteiger partial charge >= 0.3 is 0 Å². The normalized spacial score (nSPS) is 12.1. The summed E-state index contributed by atoms with van der Waals surface area (Å²) in [6.45, 7) is 13.4. The molecule has 0 heterocycles. The number of aliphatic imine (C=N–C) groups is 2. The largest absolute Gasteiger partial charge is 0.252 e. The van der Waals surface area contributed by atoms with Gasteiger partial charge in [0.1, 0.15) is 0 Å². The van der Waals surface area contributed by atoms with Gasteiger partial charge in [0.2, 0.25) is 0 Å². The predicted molar refractivity (Wildman–Crippen MR) is 139 cm³/mol. The molecule has 2 nitrogen and oxygen atoms in total. The number of benzene rings is 2. The Balaban J connectivity index is 0.00000512. The Labute approximate surface area is 207 Å². The van der Waals surface area contributed by atoms with Crippen LogP contribution in [0, 0.1) is 0 Å². The van der Waals surface area contributed by atoms with Crippen molar-refractivity contribution in [3.05, 3.63) is 58.7 Å². The second kappa shape index (κ2) is 15.2. The molecule has 0 fully saturated rings. The molecule has 178 valence electrons. The Hall–Kier alpha value is -1.73. The fraction of sp³-hybridized carbons (Fsp3) is 0.517. The molecule has 2 aromatic carbocycles. The third-order valence-electron chi connectivity index (χ3n) is 6.12. The third kappa shape index (κ3) is 8.00. The molecule has 0 aromatic heterocycles. The van der Waals surface area contributed by atoms with Gasteiger partial charge < -0.3 is 0 Å². The average Bonchev–Trinajstić information content (AvgIpc) is 2.81. The quantitative estimate of drug-likeness (QED) is 0.166. The summed E-state index contributed by atoms with van der Waals surface area (Å²) in [4.78, 5) is 10.2. The number of nitrogens with zero attached hydrogens (tertiary/aromatic N) is 2. The SMILES string of the molecule is CCCCCC(=N\c1ccc(CC)c(CC)c1)/C(CC)=N/c1ccc(CC)c(CC)c1.[Ni]. The molecule has 2 rings (SSSR count). The summed E-state index contributed by atoms with van der Waals surface area (Å²) in [6, 6.07) is 13.4. The van der Waals surface area contributed by atoms with Crippen molar-refractivity contribution in [3.8, 4) is 0 Å². The second-order valence-corrected chi connectivity index (χ2v) is 8.25. The van der Waals surface area contributed by atoms with Crippen LogP contribution in [0.15, 0.2) is 46.4 Å². The summed E-state index contributed by atoms with van der Waals surface area (Å²) < 4.78 is 0. The molecule has 32 heavy (non-hydrogen) atoms. The summed E-state index contributed by atoms with van der Waals surface area (Å²) in [5.74, 6) is 0. The van der Waals surface area contributed by atoms with Crippen LogP contribution in [0.2, 0.25) is 0 Å². The molecule has 2 aromatic rings. The summed E-state index contributed by atoms with van der Waals surface area (Å²) in [5.41, 5.74) is 10.1. The number of aryl methyl sites for hydroxylation is 4. The van der Waals surface area contributed by atoms with E-state index in [-0.39, 0.29) is 16.5 Å². The summed E-state index contributed by atoms with van der Waals surface area (Å²) in [5, 5.41) is 0. The van der Waals surface area contributed by atoms with E-state index >= 15 is 0 Å². The van der Waals surface area contributed by atoms with Crippen LogP contribution in [0.3, 0.4) is 0 Å². The maximum absolute atomic E-state index is 5.14. The Kier molecular flexibility index (Phi) is 13.4. The molecule has 0 aliphatic heterocycles. The van der Waals surface area contributed by atoms with Gasteiger partial charge in [-0.05, 0) is 91.5 Å². The fourth-order valence-corrected chi connectivity index (χ4v) is 4.18. The maximum atomic E-state index is 5.14. The first kappa shape index (κ1) is 28.3. The molecular weight excluding hydrogens is 435 g/mol. The van der Waals surface area contributed by atoms with Crippen molar-refractivity contribution < 1.29 is 16.5 Å². The van der Waals surface area contributed by atoms with Gasteiger partial charge in [-0.15, -0.1) is 0 Å². The van der Waals surface area contributed by atoms with Crippen molar-refractivity contribution in [1.29, 1.82) is 0 Å². The Morgan fingerprint density at radius 2 is 1.06 bits per heavy atom. The van der Waals surface area contributed by atoms with Crippen LogP contribution in [-0.2, 0) is 42.2 Å². The van der Waals surface area contributed by atoms with E-state index in [1.165, 1.54) is 35.1 Å². The van der Waals surface area contributed by atoms with Crippen LogP contribution in [0.5, 0.6) is 0 Å². The molecule has 0 bridgehead atoms. The zero-order valence-corrected chi connectivity index (χ0v) is 22.0. The third-order valence-corrected chi connectivity index (χ3v) is 6.12. The molecule has 0 atom stereocenters. The van der Waals surface area contributed by atoms with E-state index < -0.39 is 0 Å². The van der Waals surface area contributed by atoms with E-state index in [2.05, 4.69) is 77.9 Å². The standard InChI is InChI=1S/C29H42N2.Ni/c1-7-13-14-15-29(31-27-19-17-23(9-3)25(11-5)21-27)28(12-6)30-26-18-16-22(8-2)24(10-4)20-26;/h16-21H,7-15H2,1-6H3;/b30-28+,31-29+;. The number of rotatable bonds is 12. The number of unbranched alkanes of at least 4 members (excludes halogenated alkanes) is 2. The van der Waals surface area contributed by atoms with Gasteiger partial charge in [0.05, 0.1) is 22.8 Å². The minimum Gasteiger partial charge on any atom is -0.252 e. The molecule has 0 saturated carbocycles. The van der Waals surface area contributed by atoms with Gasteiger partial charge in [-0.3, -0.25) is 9.98 Å². The Bertz CT molecular complexity index is 896. The first-order valence-electron chi connectivity index (χ1n) is 12.5. The van der Waals surface area contributed by atoms with E-state index in [9.17, 15) is 0 Å². The minimum atomic E-state index is 0. The van der Waals surface area contributed by atoms with E-state index in [1.807, 2.05) is 0 Å². The van der Waals surface area contributed by atoms with Crippen LogP contribution >= 0.6 is 0 Å². The minimum absolute atomic E-state index is 0. The van der Waals surface area contributed by atoms with Crippen molar-refractivity contribution in [1.82, 2.24) is 0 Å².